The number of ketones is 1. The van der Waals surface area contributed by atoms with Crippen LogP contribution in [-0.4, -0.2) is 16.9 Å². The van der Waals surface area contributed by atoms with Crippen molar-refractivity contribution in [2.75, 3.05) is 0 Å². The van der Waals surface area contributed by atoms with Crippen LogP contribution in [0.1, 0.15) is 38.4 Å². The fourth-order valence-corrected chi connectivity index (χ4v) is 2.71. The molecule has 1 N–H and O–H groups in total. The van der Waals surface area contributed by atoms with Crippen LogP contribution in [0.15, 0.2) is 54.6 Å². The second-order valence-corrected chi connectivity index (χ2v) is 5.75. The van der Waals surface area contributed by atoms with E-state index in [2.05, 4.69) is 0 Å². The minimum atomic E-state index is -0.936. The lowest BCUT2D eigenvalue weighted by atomic mass is 9.83. The van der Waals surface area contributed by atoms with Crippen LogP contribution in [-0.2, 0) is 4.79 Å². The second-order valence-electron chi connectivity index (χ2n) is 5.75. The van der Waals surface area contributed by atoms with Crippen molar-refractivity contribution in [3.63, 3.8) is 0 Å². The molecule has 0 aromatic heterocycles. The first-order chi connectivity index (χ1) is 11.4. The molecule has 0 aliphatic carbocycles. The predicted molar refractivity (Wildman–Crippen MR) is 91.4 cm³/mol. The topological polar surface area (TPSA) is 54.4 Å². The summed E-state index contributed by atoms with van der Waals surface area (Å²) in [6, 6.07) is 14.9. The summed E-state index contributed by atoms with van der Waals surface area (Å²) in [5, 5.41) is 9.22. The van der Waals surface area contributed by atoms with E-state index >= 15 is 0 Å². The van der Waals surface area contributed by atoms with Gasteiger partial charge in [-0.3, -0.25) is 9.59 Å². The number of Topliss-reactive ketones (excluding diaryl/α,β-unsaturated/α-hetero) is 1. The molecule has 0 fully saturated rings. The minimum Gasteiger partial charge on any atom is -0.481 e. The Morgan fingerprint density at radius 1 is 1.09 bits per heavy atom. The van der Waals surface area contributed by atoms with E-state index in [0.717, 1.165) is 17.5 Å². The fraction of sp³-hybridized carbons (Fsp3) is 0.300. The van der Waals surface area contributed by atoms with Gasteiger partial charge in [-0.1, -0.05) is 74.8 Å². The number of hydrogen-bond acceptors (Lipinski definition) is 2. The third-order valence-electron chi connectivity index (χ3n) is 4.15. The third-order valence-corrected chi connectivity index (χ3v) is 4.15. The lowest BCUT2D eigenvalue weighted by molar-refractivity contribution is -0.142. The molecule has 0 amide bonds. The molecule has 3 nitrogen and oxygen atoms in total. The maximum atomic E-state index is 12.7. The van der Waals surface area contributed by atoms with Crippen molar-refractivity contribution in [2.45, 2.75) is 26.7 Å². The standard InChI is InChI=1S/C20H22O3/c1-3-7-18(14(2)20(22)23)19(21)17-12-10-16(11-13-17)15-8-5-4-6-9-15/h4-6,8-14,18H,3,7H2,1-2H3,(H,22,23)/i4T. The summed E-state index contributed by atoms with van der Waals surface area (Å²) in [6.45, 7) is 3.55. The first-order valence-electron chi connectivity index (χ1n) is 8.38. The molecule has 3 heteroatoms. The highest BCUT2D eigenvalue weighted by Crippen LogP contribution is 2.25. The molecule has 0 bridgehead atoms. The van der Waals surface area contributed by atoms with E-state index in [1.165, 1.54) is 0 Å². The number of carbonyl (C=O) groups is 2. The lowest BCUT2D eigenvalue weighted by Gasteiger charge is -2.19. The van der Waals surface area contributed by atoms with Gasteiger partial charge < -0.3 is 5.11 Å². The maximum absolute atomic E-state index is 12.7. The summed E-state index contributed by atoms with van der Waals surface area (Å²) in [7, 11) is 0. The van der Waals surface area contributed by atoms with E-state index in [-0.39, 0.29) is 5.78 Å². The first kappa shape index (κ1) is 15.5. The molecule has 0 saturated carbocycles. The number of carbonyl (C=O) groups excluding carboxylic acids is 1. The van der Waals surface area contributed by atoms with Gasteiger partial charge in [-0.05, 0) is 17.5 Å². The van der Waals surface area contributed by atoms with Gasteiger partial charge in [-0.2, -0.15) is 0 Å². The van der Waals surface area contributed by atoms with Gasteiger partial charge in [-0.15, -0.1) is 0 Å². The highest BCUT2D eigenvalue weighted by atomic mass is 16.4. The van der Waals surface area contributed by atoms with Gasteiger partial charge >= 0.3 is 5.97 Å². The SMILES string of the molecule is [3H]c1ccc(-c2ccc(C(=O)C(CCC)C(C)C(=O)O)cc2)cc1. The Kier molecular flexibility index (Phi) is 5.20. The third kappa shape index (κ3) is 4.07. The van der Waals surface area contributed by atoms with Gasteiger partial charge in [0.2, 0.25) is 0 Å². The molecule has 2 atom stereocenters. The summed E-state index contributed by atoms with van der Waals surface area (Å²) in [6.07, 6.45) is 1.34. The highest BCUT2D eigenvalue weighted by molar-refractivity contribution is 6.00. The summed E-state index contributed by atoms with van der Waals surface area (Å²) in [5.41, 5.74) is 2.49. The van der Waals surface area contributed by atoms with Gasteiger partial charge in [0, 0.05) is 11.5 Å². The molecular formula is C20H22O3. The first-order valence-corrected chi connectivity index (χ1v) is 7.88. The molecule has 0 aliphatic heterocycles. The zero-order valence-electron chi connectivity index (χ0n) is 14.5. The van der Waals surface area contributed by atoms with E-state index in [1.807, 2.05) is 31.2 Å². The minimum absolute atomic E-state index is 0.111. The smallest absolute Gasteiger partial charge is 0.306 e. The van der Waals surface area contributed by atoms with E-state index in [0.29, 0.717) is 18.0 Å². The Balaban J connectivity index is 2.23. The van der Waals surface area contributed by atoms with Crippen molar-refractivity contribution in [3.05, 3.63) is 60.1 Å². The molecule has 0 heterocycles. The molecule has 0 radical (unpaired) electrons. The molecule has 2 rings (SSSR count). The van der Waals surface area contributed by atoms with Crippen LogP contribution in [0.2, 0.25) is 0 Å². The van der Waals surface area contributed by atoms with Crippen LogP contribution in [0.5, 0.6) is 0 Å². The maximum Gasteiger partial charge on any atom is 0.306 e. The molecule has 2 aromatic rings. The largest absolute Gasteiger partial charge is 0.481 e. The lowest BCUT2D eigenvalue weighted by Crippen LogP contribution is -2.27. The number of aliphatic carboxylic acids is 1. The zero-order chi connectivity index (χ0) is 17.7. The molecule has 0 spiro atoms. The number of carboxylic acid groups (broad SMARTS) is 1. The van der Waals surface area contributed by atoms with E-state index < -0.39 is 17.8 Å². The van der Waals surface area contributed by atoms with Crippen LogP contribution in [0.3, 0.4) is 0 Å². The summed E-state index contributed by atoms with van der Waals surface area (Å²) in [5.74, 6) is -2.24. The Hall–Kier alpha value is -2.42. The van der Waals surface area contributed by atoms with Crippen LogP contribution in [0, 0.1) is 11.8 Å². The molecular weight excluding hydrogens is 288 g/mol. The molecule has 2 unspecified atom stereocenters. The average molecular weight is 312 g/mol. The zero-order valence-corrected chi connectivity index (χ0v) is 13.5. The van der Waals surface area contributed by atoms with Crippen molar-refractivity contribution in [1.29, 1.82) is 0 Å². The second kappa shape index (κ2) is 7.73. The number of carboxylic acids is 1. The van der Waals surface area contributed by atoms with Crippen molar-refractivity contribution in [1.82, 2.24) is 0 Å². The van der Waals surface area contributed by atoms with Crippen LogP contribution < -0.4 is 0 Å². The molecule has 2 aromatic carbocycles. The van der Waals surface area contributed by atoms with Crippen molar-refractivity contribution in [2.24, 2.45) is 11.8 Å². The van der Waals surface area contributed by atoms with Gasteiger partial charge in [0.15, 0.2) is 5.78 Å². The van der Waals surface area contributed by atoms with Gasteiger partial charge in [-0.25, -0.2) is 0 Å². The molecule has 0 saturated heterocycles. The summed E-state index contributed by atoms with van der Waals surface area (Å²) < 4.78 is 7.51. The molecule has 0 aliphatic rings. The highest BCUT2D eigenvalue weighted by Gasteiger charge is 2.29. The van der Waals surface area contributed by atoms with Gasteiger partial charge in [0.05, 0.1) is 7.29 Å². The number of hydrogen-bond donors (Lipinski definition) is 1. The Morgan fingerprint density at radius 2 is 1.65 bits per heavy atom. The van der Waals surface area contributed by atoms with Crippen molar-refractivity contribution >= 4 is 11.8 Å². The molecule has 23 heavy (non-hydrogen) atoms. The van der Waals surface area contributed by atoms with Crippen molar-refractivity contribution < 1.29 is 16.1 Å². The molecule has 120 valence electrons. The van der Waals surface area contributed by atoms with E-state index in [1.54, 1.807) is 31.2 Å². The average Bonchev–Trinajstić information content (AvgIpc) is 2.59. The van der Waals surface area contributed by atoms with E-state index in [4.69, 9.17) is 1.37 Å². The van der Waals surface area contributed by atoms with Crippen LogP contribution >= 0.6 is 0 Å². The summed E-state index contributed by atoms with van der Waals surface area (Å²) in [4.78, 5) is 23.9. The summed E-state index contributed by atoms with van der Waals surface area (Å²) >= 11 is 0. The van der Waals surface area contributed by atoms with Crippen LogP contribution in [0.25, 0.3) is 11.1 Å². The Bertz CT molecular complexity index is 705. The van der Waals surface area contributed by atoms with Crippen molar-refractivity contribution in [3.8, 4) is 11.1 Å². The Morgan fingerprint density at radius 3 is 2.17 bits per heavy atom. The Labute approximate surface area is 138 Å². The fourth-order valence-electron chi connectivity index (χ4n) is 2.71. The van der Waals surface area contributed by atoms with Gasteiger partial charge in [0.25, 0.3) is 0 Å². The predicted octanol–water partition coefficient (Wildman–Crippen LogP) is 4.67. The number of rotatable bonds is 7. The normalized spacial score (nSPS) is 13.9. The van der Waals surface area contributed by atoms with Crippen LogP contribution in [0.4, 0.5) is 0 Å². The van der Waals surface area contributed by atoms with E-state index in [9.17, 15) is 14.7 Å². The quantitative estimate of drug-likeness (QED) is 0.756. The number of benzene rings is 2. The van der Waals surface area contributed by atoms with Gasteiger partial charge in [0.1, 0.15) is 0 Å². The monoisotopic (exact) mass is 312 g/mol.